The van der Waals surface area contributed by atoms with E-state index in [-0.39, 0.29) is 5.24 Å². The van der Waals surface area contributed by atoms with Gasteiger partial charge >= 0.3 is 211 Å². The summed E-state index contributed by atoms with van der Waals surface area (Å²) >= 11 is 4.79. The average molecular weight is 675 g/mol. The van der Waals surface area contributed by atoms with Gasteiger partial charge < -0.3 is 5.73 Å². The van der Waals surface area contributed by atoms with Crippen LogP contribution in [0.25, 0.3) is 0 Å². The Morgan fingerprint density at radius 3 is 1.02 bits per heavy atom. The summed E-state index contributed by atoms with van der Waals surface area (Å²) in [5.41, 5.74) is 6.18. The molecule has 5 rings (SSSR count). The summed E-state index contributed by atoms with van der Waals surface area (Å²) < 4.78 is 2.12. The number of benzene rings is 5. The second-order valence-electron chi connectivity index (χ2n) is 8.75. The third-order valence-electron chi connectivity index (χ3n) is 5.80. The summed E-state index contributed by atoms with van der Waals surface area (Å²) in [6.45, 7) is 0. The van der Waals surface area contributed by atoms with Crippen LogP contribution in [0.1, 0.15) is 0 Å². The van der Waals surface area contributed by atoms with E-state index in [1.807, 2.05) is 30.3 Å². The Morgan fingerprint density at radius 1 is 0.525 bits per heavy atom. The zero-order valence-corrected chi connectivity index (χ0v) is 26.2. The number of nitrogen functional groups attached to an aromatic ring is 1. The van der Waals surface area contributed by atoms with Crippen molar-refractivity contribution in [3.63, 3.8) is 0 Å². The molecule has 2 N–H and O–H groups in total. The molecule has 0 fully saturated rings. The first-order valence-corrected chi connectivity index (χ1v) is 19.5. The van der Waals surface area contributed by atoms with Crippen molar-refractivity contribution in [1.29, 1.82) is 0 Å². The molecule has 0 aliphatic rings. The van der Waals surface area contributed by atoms with Crippen LogP contribution in [-0.2, 0) is 21.6 Å². The number of anilines is 1. The minimum absolute atomic E-state index is 0.192. The molecule has 0 bridgehead atoms. The van der Waals surface area contributed by atoms with Gasteiger partial charge in [0.15, 0.2) is 0 Å². The van der Waals surface area contributed by atoms with E-state index in [0.717, 1.165) is 15.0 Å². The molecule has 0 amide bonds. The van der Waals surface area contributed by atoms with Crippen LogP contribution in [0.15, 0.2) is 152 Å². The van der Waals surface area contributed by atoms with Gasteiger partial charge in [0.25, 0.3) is 0 Å². The van der Waals surface area contributed by atoms with Crippen LogP contribution in [0.2, 0.25) is 4.89 Å². The van der Waals surface area contributed by atoms with Crippen molar-refractivity contribution in [2.24, 2.45) is 0 Å². The molecular weight excluding hydrogens is 642 g/mol. The van der Waals surface area contributed by atoms with E-state index in [2.05, 4.69) is 121 Å². The number of hydrogen-bond donors (Lipinski definition) is 1. The van der Waals surface area contributed by atoms with Crippen LogP contribution in [0.4, 0.5) is 5.69 Å². The molecular formula is C34H33ClNOP2Pd. The van der Waals surface area contributed by atoms with Gasteiger partial charge in [-0.2, -0.15) is 0 Å². The molecule has 0 spiro atoms. The first-order valence-electron chi connectivity index (χ1n) is 12.8. The third-order valence-corrected chi connectivity index (χ3v) is 19.3. The summed E-state index contributed by atoms with van der Waals surface area (Å²) in [4.78, 5) is 12.7. The predicted molar refractivity (Wildman–Crippen MR) is 174 cm³/mol. The topological polar surface area (TPSA) is 43.1 Å². The van der Waals surface area contributed by atoms with Crippen LogP contribution in [0.3, 0.4) is 0 Å². The van der Waals surface area contributed by atoms with Gasteiger partial charge in [0.1, 0.15) is 0 Å². The Bertz CT molecular complexity index is 1250. The minimum atomic E-state index is -1.24. The van der Waals surface area contributed by atoms with Crippen LogP contribution >= 0.6 is 27.4 Å². The molecule has 0 unspecified atom stereocenters. The summed E-state index contributed by atoms with van der Waals surface area (Å²) in [5, 5.41) is 5.29. The number of halogens is 1. The van der Waals surface area contributed by atoms with Gasteiger partial charge in [-0.1, -0.05) is 18.2 Å². The molecule has 6 heteroatoms. The Kier molecular flexibility index (Phi) is 12.6. The molecule has 5 aromatic carbocycles. The normalized spacial score (nSPS) is 11.0. The Hall–Kier alpha value is -2.62. The molecule has 0 aromatic heterocycles. The molecule has 0 aliphatic carbocycles. The number of hydrogen-bond acceptors (Lipinski definition) is 2. The fourth-order valence-electron chi connectivity index (χ4n) is 3.92. The van der Waals surface area contributed by atoms with Crippen molar-refractivity contribution in [2.75, 3.05) is 15.0 Å². The average Bonchev–Trinajstić information content (AvgIpc) is 3.00. The van der Waals surface area contributed by atoms with Crippen molar-refractivity contribution in [3.8, 4) is 0 Å². The monoisotopic (exact) mass is 674 g/mol. The molecule has 207 valence electrons. The summed E-state index contributed by atoms with van der Waals surface area (Å²) in [7, 11) is -1.08. The van der Waals surface area contributed by atoms with E-state index >= 15 is 0 Å². The fraction of sp³-hybridized carbons (Fsp3) is 0.0882. The standard InChI is InChI=1S/2C13H12P.C6H7N.C2H2ClO.Pd/c2*1-14(12-8-4-2-5-9-12)13-10-6-3-7-11-13;7-6-4-2-1-3-5-6;1-2(3)4;/h2*2-11H,1H2;1-5H,7H2;1H2;. The van der Waals surface area contributed by atoms with Crippen LogP contribution in [0.5, 0.6) is 0 Å². The summed E-state index contributed by atoms with van der Waals surface area (Å²) in [6.07, 6.45) is 0. The van der Waals surface area contributed by atoms with Crippen molar-refractivity contribution in [2.45, 2.75) is 4.89 Å². The number of nitrogens with two attached hydrogens (primary N) is 1. The molecule has 0 atom stereocenters. The van der Waals surface area contributed by atoms with Crippen molar-refractivity contribution >= 4 is 59.6 Å². The van der Waals surface area contributed by atoms with E-state index in [9.17, 15) is 4.79 Å². The third kappa shape index (κ3) is 9.78. The number of carbonyl (C=O) groups is 1. The van der Waals surface area contributed by atoms with Crippen LogP contribution < -0.4 is 27.0 Å². The van der Waals surface area contributed by atoms with Gasteiger partial charge in [-0.3, -0.25) is 0 Å². The predicted octanol–water partition coefficient (Wildman–Crippen LogP) is 7.24. The van der Waals surface area contributed by atoms with Crippen molar-refractivity contribution in [3.05, 3.63) is 152 Å². The Balaban J connectivity index is 0.000000461. The zero-order valence-electron chi connectivity index (χ0n) is 22.1. The van der Waals surface area contributed by atoms with Gasteiger partial charge in [0, 0.05) is 5.69 Å². The van der Waals surface area contributed by atoms with Gasteiger partial charge in [-0.05, 0) is 12.1 Å². The summed E-state index contributed by atoms with van der Waals surface area (Å²) in [6, 6.07) is 52.6. The van der Waals surface area contributed by atoms with E-state index in [1.165, 1.54) is 21.2 Å². The Labute approximate surface area is 251 Å². The maximum atomic E-state index is 12.2. The van der Waals surface area contributed by atoms with E-state index in [4.69, 9.17) is 17.3 Å². The quantitative estimate of drug-likeness (QED) is 0.0735. The molecule has 0 saturated carbocycles. The number of rotatable bonds is 10. The molecule has 0 radical (unpaired) electrons. The zero-order chi connectivity index (χ0) is 28.0. The van der Waals surface area contributed by atoms with Crippen LogP contribution in [-0.4, -0.2) is 14.5 Å². The SMILES string of the molecule is Nc1ccccc1.O=C(Cl)[CH2][Pd]([CH2]P(c1ccccc1)c1ccccc1)[CH2]P(c1ccccc1)c1ccccc1. The van der Waals surface area contributed by atoms with Gasteiger partial charge in [0.05, 0.1) is 0 Å². The van der Waals surface area contributed by atoms with E-state index < -0.39 is 32.6 Å². The van der Waals surface area contributed by atoms with Gasteiger partial charge in [0.2, 0.25) is 0 Å². The molecule has 2 nitrogen and oxygen atoms in total. The van der Waals surface area contributed by atoms with Crippen LogP contribution in [0, 0.1) is 0 Å². The Morgan fingerprint density at radius 2 is 0.800 bits per heavy atom. The molecule has 0 aliphatic heterocycles. The second-order valence-corrected chi connectivity index (χ2v) is 19.2. The fourth-order valence-corrected chi connectivity index (χ4v) is 19.4. The van der Waals surface area contributed by atoms with E-state index in [1.54, 1.807) is 0 Å². The number of para-hydroxylation sites is 1. The first kappa shape index (κ1) is 30.3. The molecule has 40 heavy (non-hydrogen) atoms. The van der Waals surface area contributed by atoms with Crippen molar-refractivity contribution in [1.82, 2.24) is 0 Å². The molecule has 0 saturated heterocycles. The first-order chi connectivity index (χ1) is 19.6. The van der Waals surface area contributed by atoms with Gasteiger partial charge in [-0.25, -0.2) is 0 Å². The summed E-state index contributed by atoms with van der Waals surface area (Å²) in [5.74, 6) is 0. The molecule has 0 heterocycles. The maximum absolute atomic E-state index is 12.2. The molecule has 5 aromatic rings. The van der Waals surface area contributed by atoms with E-state index in [0.29, 0.717) is 4.89 Å². The van der Waals surface area contributed by atoms with Gasteiger partial charge in [-0.15, -0.1) is 0 Å². The second kappa shape index (κ2) is 16.6. The van der Waals surface area contributed by atoms with Crippen molar-refractivity contribution < 1.29 is 21.6 Å². The number of carbonyl (C=O) groups excluding carboxylic acids is 1.